The minimum Gasteiger partial charge on any atom is -0.493 e. The standard InChI is InChI=1S/C24H34FN3O3/c1-27-8-4-18(5-9-27)26-24(29)20-14-28(13-16-6-10-30-11-7-16)23-19-12-17(25)2-3-22(19)31-15-21(20)23/h2-3,12,16,18,20-21,23H,4-11,13-15H2,1H3,(H,26,29)/t20-,21+,23+/m1/s1. The largest absolute Gasteiger partial charge is 0.493 e. The zero-order chi connectivity index (χ0) is 21.4. The highest BCUT2D eigenvalue weighted by Gasteiger charge is 2.49. The van der Waals surface area contributed by atoms with Crippen LogP contribution >= 0.6 is 0 Å². The van der Waals surface area contributed by atoms with Crippen LogP contribution in [0, 0.1) is 23.6 Å². The second-order valence-electron chi connectivity index (χ2n) is 9.80. The molecule has 4 aliphatic heterocycles. The van der Waals surface area contributed by atoms with Gasteiger partial charge in [-0.25, -0.2) is 4.39 Å². The molecular weight excluding hydrogens is 397 g/mol. The molecule has 0 bridgehead atoms. The Balaban J connectivity index is 1.36. The van der Waals surface area contributed by atoms with Gasteiger partial charge in [-0.1, -0.05) is 0 Å². The van der Waals surface area contributed by atoms with E-state index >= 15 is 0 Å². The second-order valence-corrected chi connectivity index (χ2v) is 9.80. The van der Waals surface area contributed by atoms with Crippen LogP contribution in [0.5, 0.6) is 5.75 Å². The van der Waals surface area contributed by atoms with Gasteiger partial charge in [-0.3, -0.25) is 9.69 Å². The molecule has 6 nitrogen and oxygen atoms in total. The van der Waals surface area contributed by atoms with Crippen LogP contribution in [0.3, 0.4) is 0 Å². The Morgan fingerprint density at radius 2 is 1.97 bits per heavy atom. The molecule has 1 aromatic carbocycles. The molecule has 0 unspecified atom stereocenters. The summed E-state index contributed by atoms with van der Waals surface area (Å²) >= 11 is 0. The monoisotopic (exact) mass is 431 g/mol. The lowest BCUT2D eigenvalue weighted by Crippen LogP contribution is -2.47. The van der Waals surface area contributed by atoms with Crippen molar-refractivity contribution in [3.8, 4) is 5.75 Å². The summed E-state index contributed by atoms with van der Waals surface area (Å²) in [5.41, 5.74) is 0.901. The van der Waals surface area contributed by atoms with Crippen molar-refractivity contribution >= 4 is 5.91 Å². The number of amides is 1. The van der Waals surface area contributed by atoms with Gasteiger partial charge in [-0.05, 0) is 69.9 Å². The van der Waals surface area contributed by atoms with E-state index in [1.165, 1.54) is 6.07 Å². The van der Waals surface area contributed by atoms with Crippen molar-refractivity contribution in [2.24, 2.45) is 17.8 Å². The van der Waals surface area contributed by atoms with Crippen LogP contribution in [0.25, 0.3) is 0 Å². The first kappa shape index (κ1) is 21.2. The first-order chi connectivity index (χ1) is 15.1. The molecule has 3 atom stereocenters. The lowest BCUT2D eigenvalue weighted by Gasteiger charge is -2.36. The number of hydrogen-bond acceptors (Lipinski definition) is 5. The number of piperidine rings is 1. The van der Waals surface area contributed by atoms with Crippen molar-refractivity contribution in [3.05, 3.63) is 29.6 Å². The number of hydrogen-bond donors (Lipinski definition) is 1. The molecule has 5 rings (SSSR count). The van der Waals surface area contributed by atoms with Crippen molar-refractivity contribution in [1.82, 2.24) is 15.1 Å². The van der Waals surface area contributed by atoms with E-state index in [4.69, 9.17) is 9.47 Å². The van der Waals surface area contributed by atoms with E-state index in [2.05, 4.69) is 22.2 Å². The van der Waals surface area contributed by atoms with E-state index in [0.717, 1.165) is 69.8 Å². The van der Waals surface area contributed by atoms with Crippen LogP contribution < -0.4 is 10.1 Å². The summed E-state index contributed by atoms with van der Waals surface area (Å²) in [5.74, 6) is 1.15. The smallest absolute Gasteiger partial charge is 0.225 e. The summed E-state index contributed by atoms with van der Waals surface area (Å²) in [6.45, 7) is 5.81. The maximum absolute atomic E-state index is 14.2. The summed E-state index contributed by atoms with van der Waals surface area (Å²) in [7, 11) is 2.13. The molecule has 4 heterocycles. The van der Waals surface area contributed by atoms with E-state index < -0.39 is 0 Å². The number of nitrogens with zero attached hydrogens (tertiary/aromatic N) is 2. The molecule has 3 fully saturated rings. The highest BCUT2D eigenvalue weighted by Crippen LogP contribution is 2.48. The predicted molar refractivity (Wildman–Crippen MR) is 115 cm³/mol. The Labute approximate surface area is 184 Å². The van der Waals surface area contributed by atoms with E-state index in [-0.39, 0.29) is 35.6 Å². The molecular formula is C24H34FN3O3. The molecule has 0 radical (unpaired) electrons. The van der Waals surface area contributed by atoms with Gasteiger partial charge in [-0.2, -0.15) is 0 Å². The average Bonchev–Trinajstić information content (AvgIpc) is 3.15. The molecule has 0 saturated carbocycles. The number of fused-ring (bicyclic) bond motifs is 3. The molecule has 31 heavy (non-hydrogen) atoms. The van der Waals surface area contributed by atoms with Gasteiger partial charge < -0.3 is 19.7 Å². The zero-order valence-corrected chi connectivity index (χ0v) is 18.4. The fraction of sp³-hybridized carbons (Fsp3) is 0.708. The average molecular weight is 432 g/mol. The number of ether oxygens (including phenoxy) is 2. The summed E-state index contributed by atoms with van der Waals surface area (Å²) in [6, 6.07) is 5.09. The van der Waals surface area contributed by atoms with E-state index in [1.54, 1.807) is 12.1 Å². The van der Waals surface area contributed by atoms with Gasteiger partial charge in [0.15, 0.2) is 0 Å². The SMILES string of the molecule is CN1CCC(NC(=O)[C@@H]2CN(CC3CCOCC3)[C@H]3c4cc(F)ccc4OC[C@@H]23)CC1. The number of rotatable bonds is 4. The normalized spacial score (nSPS) is 30.5. The third-order valence-corrected chi connectivity index (χ3v) is 7.70. The van der Waals surface area contributed by atoms with Gasteiger partial charge in [0, 0.05) is 49.9 Å². The highest BCUT2D eigenvalue weighted by molar-refractivity contribution is 5.80. The molecule has 7 heteroatoms. The van der Waals surface area contributed by atoms with Crippen molar-refractivity contribution in [3.63, 3.8) is 0 Å². The minimum absolute atomic E-state index is 0.0375. The second kappa shape index (κ2) is 9.04. The maximum atomic E-state index is 14.2. The van der Waals surface area contributed by atoms with E-state index in [0.29, 0.717) is 19.1 Å². The molecule has 170 valence electrons. The first-order valence-electron chi connectivity index (χ1n) is 11.8. The molecule has 0 aromatic heterocycles. The van der Waals surface area contributed by atoms with Gasteiger partial charge in [0.05, 0.1) is 12.5 Å². The van der Waals surface area contributed by atoms with Crippen molar-refractivity contribution in [2.75, 3.05) is 53.0 Å². The fourth-order valence-electron chi connectivity index (χ4n) is 5.88. The number of likely N-dealkylation sites (tertiary alicyclic amines) is 2. The topological polar surface area (TPSA) is 54.0 Å². The summed E-state index contributed by atoms with van der Waals surface area (Å²) in [5, 5.41) is 3.33. The Morgan fingerprint density at radius 3 is 2.74 bits per heavy atom. The summed E-state index contributed by atoms with van der Waals surface area (Å²) < 4.78 is 25.7. The summed E-state index contributed by atoms with van der Waals surface area (Å²) in [6.07, 6.45) is 4.10. The quantitative estimate of drug-likeness (QED) is 0.794. The maximum Gasteiger partial charge on any atom is 0.225 e. The van der Waals surface area contributed by atoms with Crippen LogP contribution in [0.1, 0.15) is 37.3 Å². The van der Waals surface area contributed by atoms with Crippen LogP contribution in [0.4, 0.5) is 4.39 Å². The van der Waals surface area contributed by atoms with Gasteiger partial charge in [0.2, 0.25) is 5.91 Å². The molecule has 0 spiro atoms. The zero-order valence-electron chi connectivity index (χ0n) is 18.4. The molecule has 0 aliphatic carbocycles. The number of nitrogens with one attached hydrogen (secondary N) is 1. The van der Waals surface area contributed by atoms with Crippen LogP contribution in [0.15, 0.2) is 18.2 Å². The third kappa shape index (κ3) is 4.45. The highest BCUT2D eigenvalue weighted by atomic mass is 19.1. The van der Waals surface area contributed by atoms with Crippen LogP contribution in [-0.2, 0) is 9.53 Å². The van der Waals surface area contributed by atoms with Crippen molar-refractivity contribution in [1.29, 1.82) is 0 Å². The molecule has 3 saturated heterocycles. The Hall–Kier alpha value is -1.70. The first-order valence-corrected chi connectivity index (χ1v) is 11.8. The summed E-state index contributed by atoms with van der Waals surface area (Å²) in [4.78, 5) is 18.1. The fourth-order valence-corrected chi connectivity index (χ4v) is 5.88. The van der Waals surface area contributed by atoms with Gasteiger partial charge in [0.1, 0.15) is 11.6 Å². The predicted octanol–water partition coefficient (Wildman–Crippen LogP) is 2.44. The van der Waals surface area contributed by atoms with Gasteiger partial charge in [-0.15, -0.1) is 0 Å². The van der Waals surface area contributed by atoms with Crippen molar-refractivity contribution in [2.45, 2.75) is 37.8 Å². The Bertz CT molecular complexity index is 792. The van der Waals surface area contributed by atoms with Crippen LogP contribution in [-0.4, -0.2) is 74.8 Å². The molecule has 1 aromatic rings. The third-order valence-electron chi connectivity index (χ3n) is 7.70. The molecule has 1 amide bonds. The van der Waals surface area contributed by atoms with Crippen LogP contribution in [0.2, 0.25) is 0 Å². The van der Waals surface area contributed by atoms with E-state index in [1.807, 2.05) is 0 Å². The number of halogens is 1. The Morgan fingerprint density at radius 1 is 1.19 bits per heavy atom. The van der Waals surface area contributed by atoms with Gasteiger partial charge >= 0.3 is 0 Å². The lowest BCUT2D eigenvalue weighted by atomic mass is 9.84. The van der Waals surface area contributed by atoms with E-state index in [9.17, 15) is 9.18 Å². The number of benzene rings is 1. The Kier molecular flexibility index (Phi) is 6.17. The number of carbonyl (C=O) groups is 1. The molecule has 1 N–H and O–H groups in total. The van der Waals surface area contributed by atoms with Gasteiger partial charge in [0.25, 0.3) is 0 Å². The lowest BCUT2D eigenvalue weighted by molar-refractivity contribution is -0.127. The minimum atomic E-state index is -0.242. The molecule has 4 aliphatic rings. The number of carbonyl (C=O) groups excluding carboxylic acids is 1. The van der Waals surface area contributed by atoms with Crippen molar-refractivity contribution < 1.29 is 18.7 Å².